The molecule has 3 rings (SSSR count). The van der Waals surface area contributed by atoms with Crippen LogP contribution < -0.4 is 20.1 Å². The van der Waals surface area contributed by atoms with Crippen molar-refractivity contribution in [3.63, 3.8) is 0 Å². The van der Waals surface area contributed by atoms with Crippen LogP contribution in [0.25, 0.3) is 6.08 Å². The van der Waals surface area contributed by atoms with Crippen LogP contribution in [0.2, 0.25) is 0 Å². The summed E-state index contributed by atoms with van der Waals surface area (Å²) in [6, 6.07) is 11.8. The highest BCUT2D eigenvalue weighted by atomic mass is 16.7. The zero-order valence-corrected chi connectivity index (χ0v) is 13.8. The molecule has 0 saturated carbocycles. The molecule has 1 heterocycles. The van der Waals surface area contributed by atoms with Gasteiger partial charge in [-0.25, -0.2) is 0 Å². The van der Waals surface area contributed by atoms with Crippen molar-refractivity contribution in [3.05, 3.63) is 64.2 Å². The Bertz CT molecular complexity index is 850. The second kappa shape index (κ2) is 8.02. The van der Waals surface area contributed by atoms with Crippen LogP contribution >= 0.6 is 0 Å². The van der Waals surface area contributed by atoms with Crippen molar-refractivity contribution in [2.45, 2.75) is 0 Å². The average Bonchev–Trinajstić information content (AvgIpc) is 3.11. The Kier molecular flexibility index (Phi) is 5.33. The number of hydrogen-bond donors (Lipinski definition) is 2. The maximum Gasteiger partial charge on any atom is 0.292 e. The van der Waals surface area contributed by atoms with Crippen LogP contribution in [0.1, 0.15) is 5.56 Å². The van der Waals surface area contributed by atoms with E-state index in [4.69, 9.17) is 9.47 Å². The van der Waals surface area contributed by atoms with Crippen molar-refractivity contribution >= 4 is 23.4 Å². The zero-order chi connectivity index (χ0) is 18.4. The first-order valence-electron chi connectivity index (χ1n) is 7.96. The van der Waals surface area contributed by atoms with Gasteiger partial charge in [-0.2, -0.15) is 0 Å². The van der Waals surface area contributed by atoms with Crippen molar-refractivity contribution in [1.29, 1.82) is 0 Å². The summed E-state index contributed by atoms with van der Waals surface area (Å²) in [6.07, 6.45) is 3.09. The number of amides is 1. The number of fused-ring (bicyclic) bond motifs is 1. The number of benzene rings is 2. The van der Waals surface area contributed by atoms with Crippen molar-refractivity contribution in [3.8, 4) is 11.5 Å². The third kappa shape index (κ3) is 4.29. The lowest BCUT2D eigenvalue weighted by Gasteiger charge is -2.07. The number of nitrogens with zero attached hydrogens (tertiary/aromatic N) is 1. The molecule has 0 saturated heterocycles. The molecule has 1 aliphatic heterocycles. The molecule has 2 aromatic rings. The minimum absolute atomic E-state index is 0.00142. The van der Waals surface area contributed by atoms with Crippen LogP contribution in [0.15, 0.2) is 48.5 Å². The SMILES string of the molecule is O=C(/C=C/c1ccc2c(c1)OCO2)NCCNc1ccccc1[N+](=O)[O-]. The lowest BCUT2D eigenvalue weighted by molar-refractivity contribution is -0.384. The van der Waals surface area contributed by atoms with E-state index < -0.39 is 4.92 Å². The van der Waals surface area contributed by atoms with Gasteiger partial charge in [0.15, 0.2) is 11.5 Å². The third-order valence-corrected chi connectivity index (χ3v) is 3.66. The predicted molar refractivity (Wildman–Crippen MR) is 96.2 cm³/mol. The van der Waals surface area contributed by atoms with Crippen LogP contribution in [0.5, 0.6) is 11.5 Å². The van der Waals surface area contributed by atoms with Crippen LogP contribution in [0, 0.1) is 10.1 Å². The van der Waals surface area contributed by atoms with Crippen LogP contribution in [0.3, 0.4) is 0 Å². The van der Waals surface area contributed by atoms with E-state index in [2.05, 4.69) is 10.6 Å². The van der Waals surface area contributed by atoms with Gasteiger partial charge >= 0.3 is 0 Å². The number of carbonyl (C=O) groups excluding carboxylic acids is 1. The largest absolute Gasteiger partial charge is 0.454 e. The van der Waals surface area contributed by atoms with Crippen molar-refractivity contribution in [1.82, 2.24) is 5.32 Å². The standard InChI is InChI=1S/C18H17N3O5/c22-18(8-6-13-5-7-16-17(11-13)26-12-25-16)20-10-9-19-14-3-1-2-4-15(14)21(23)24/h1-8,11,19H,9-10,12H2,(H,20,22)/b8-6+. The number of ether oxygens (including phenoxy) is 2. The predicted octanol–water partition coefficient (Wildman–Crippen LogP) is 2.57. The number of anilines is 1. The molecule has 26 heavy (non-hydrogen) atoms. The minimum Gasteiger partial charge on any atom is -0.454 e. The summed E-state index contributed by atoms with van der Waals surface area (Å²) in [7, 11) is 0. The number of nitrogens with one attached hydrogen (secondary N) is 2. The molecule has 2 N–H and O–H groups in total. The first kappa shape index (κ1) is 17.3. The van der Waals surface area contributed by atoms with Gasteiger partial charge in [0.25, 0.3) is 5.69 Å². The molecule has 1 aliphatic rings. The first-order chi connectivity index (χ1) is 12.6. The molecule has 134 valence electrons. The van der Waals surface area contributed by atoms with Gasteiger partial charge in [0.1, 0.15) is 5.69 Å². The van der Waals surface area contributed by atoms with Crippen molar-refractivity contribution in [2.75, 3.05) is 25.2 Å². The fourth-order valence-corrected chi connectivity index (χ4v) is 2.41. The molecule has 0 bridgehead atoms. The lowest BCUT2D eigenvalue weighted by atomic mass is 10.2. The summed E-state index contributed by atoms with van der Waals surface area (Å²) in [5.41, 5.74) is 1.24. The van der Waals surface area contributed by atoms with E-state index in [0.29, 0.717) is 30.3 Å². The van der Waals surface area contributed by atoms with E-state index in [9.17, 15) is 14.9 Å². The zero-order valence-electron chi connectivity index (χ0n) is 13.8. The van der Waals surface area contributed by atoms with Gasteiger partial charge < -0.3 is 20.1 Å². The van der Waals surface area contributed by atoms with E-state index in [1.54, 1.807) is 36.4 Å². The number of para-hydroxylation sites is 2. The maximum atomic E-state index is 11.8. The second-order valence-electron chi connectivity index (χ2n) is 5.44. The van der Waals surface area contributed by atoms with Gasteiger partial charge in [0.05, 0.1) is 4.92 Å². The van der Waals surface area contributed by atoms with E-state index in [0.717, 1.165) is 5.56 Å². The first-order valence-corrected chi connectivity index (χ1v) is 7.96. The van der Waals surface area contributed by atoms with Crippen LogP contribution in [0.4, 0.5) is 11.4 Å². The number of carbonyl (C=O) groups is 1. The molecule has 0 atom stereocenters. The molecule has 0 aromatic heterocycles. The van der Waals surface area contributed by atoms with Crippen molar-refractivity contribution < 1.29 is 19.2 Å². The third-order valence-electron chi connectivity index (χ3n) is 3.66. The summed E-state index contributed by atoms with van der Waals surface area (Å²) >= 11 is 0. The van der Waals surface area contributed by atoms with E-state index in [1.165, 1.54) is 12.1 Å². The summed E-state index contributed by atoms with van der Waals surface area (Å²) < 4.78 is 10.5. The topological polar surface area (TPSA) is 103 Å². The quantitative estimate of drug-likeness (QED) is 0.342. The number of hydrogen-bond acceptors (Lipinski definition) is 6. The molecule has 8 nitrogen and oxygen atoms in total. The molecule has 0 radical (unpaired) electrons. The average molecular weight is 355 g/mol. The summed E-state index contributed by atoms with van der Waals surface area (Å²) in [4.78, 5) is 22.3. The molecule has 2 aromatic carbocycles. The monoisotopic (exact) mass is 355 g/mol. The number of nitro benzene ring substituents is 1. The number of nitro groups is 1. The van der Waals surface area contributed by atoms with Gasteiger partial charge in [-0.1, -0.05) is 18.2 Å². The Labute approximate surface area is 149 Å². The Balaban J connectivity index is 1.45. The highest BCUT2D eigenvalue weighted by molar-refractivity contribution is 5.91. The summed E-state index contributed by atoms with van der Waals surface area (Å²) in [5.74, 6) is 1.08. The molecule has 8 heteroatoms. The van der Waals surface area contributed by atoms with E-state index in [-0.39, 0.29) is 18.4 Å². The second-order valence-corrected chi connectivity index (χ2v) is 5.44. The van der Waals surface area contributed by atoms with Crippen LogP contribution in [-0.2, 0) is 4.79 Å². The minimum atomic E-state index is -0.449. The van der Waals surface area contributed by atoms with E-state index in [1.807, 2.05) is 6.07 Å². The molecule has 0 fully saturated rings. The maximum absolute atomic E-state index is 11.8. The summed E-state index contributed by atoms with van der Waals surface area (Å²) in [6.45, 7) is 0.903. The molecule has 0 spiro atoms. The molecular weight excluding hydrogens is 338 g/mol. The normalized spacial score (nSPS) is 12.2. The van der Waals surface area contributed by atoms with Crippen LogP contribution in [-0.4, -0.2) is 30.7 Å². The Morgan fingerprint density at radius 1 is 1.15 bits per heavy atom. The highest BCUT2D eigenvalue weighted by Gasteiger charge is 2.12. The van der Waals surface area contributed by atoms with Crippen molar-refractivity contribution in [2.24, 2.45) is 0 Å². The fourth-order valence-electron chi connectivity index (χ4n) is 2.41. The highest BCUT2D eigenvalue weighted by Crippen LogP contribution is 2.32. The van der Waals surface area contributed by atoms with E-state index >= 15 is 0 Å². The van der Waals surface area contributed by atoms with Gasteiger partial charge in [0.2, 0.25) is 12.7 Å². The molecule has 0 aliphatic carbocycles. The lowest BCUT2D eigenvalue weighted by Crippen LogP contribution is -2.27. The van der Waals surface area contributed by atoms with Gasteiger partial charge in [-0.15, -0.1) is 0 Å². The Hall–Kier alpha value is -3.55. The Morgan fingerprint density at radius 2 is 1.96 bits per heavy atom. The molecule has 1 amide bonds. The Morgan fingerprint density at radius 3 is 2.81 bits per heavy atom. The molecule has 0 unspecified atom stereocenters. The molecular formula is C18H17N3O5. The summed E-state index contributed by atoms with van der Waals surface area (Å²) in [5, 5.41) is 16.6. The smallest absolute Gasteiger partial charge is 0.292 e. The fraction of sp³-hybridized carbons (Fsp3) is 0.167. The number of rotatable bonds is 7. The van der Waals surface area contributed by atoms with Gasteiger partial charge in [-0.05, 0) is 29.8 Å². The van der Waals surface area contributed by atoms with Gasteiger partial charge in [0, 0.05) is 25.2 Å². The van der Waals surface area contributed by atoms with Gasteiger partial charge in [-0.3, -0.25) is 14.9 Å².